The van der Waals surface area contributed by atoms with Gasteiger partial charge in [0, 0.05) is 18.2 Å². The summed E-state index contributed by atoms with van der Waals surface area (Å²) in [4.78, 5) is 2.40. The number of fused-ring (bicyclic) bond motifs is 2. The molecule has 2 aromatic rings. The molecule has 1 N–H and O–H groups in total. The summed E-state index contributed by atoms with van der Waals surface area (Å²) in [6.45, 7) is 2.96. The summed E-state index contributed by atoms with van der Waals surface area (Å²) in [6, 6.07) is 6.44. The minimum Gasteiger partial charge on any atom is -0.508 e. The third-order valence-corrected chi connectivity index (χ3v) is 5.50. The summed E-state index contributed by atoms with van der Waals surface area (Å²) < 4.78 is 11.4. The summed E-state index contributed by atoms with van der Waals surface area (Å²) in [7, 11) is 5.56. The van der Waals surface area contributed by atoms with Gasteiger partial charge >= 0.3 is 0 Å². The van der Waals surface area contributed by atoms with Crippen molar-refractivity contribution in [3.05, 3.63) is 40.5 Å². The van der Waals surface area contributed by atoms with Crippen molar-refractivity contribution in [1.82, 2.24) is 4.90 Å². The number of nitrogens with zero attached hydrogens (tertiary/aromatic N) is 1. The van der Waals surface area contributed by atoms with Gasteiger partial charge in [-0.25, -0.2) is 0 Å². The van der Waals surface area contributed by atoms with E-state index in [1.165, 1.54) is 16.7 Å². The van der Waals surface area contributed by atoms with Crippen molar-refractivity contribution in [3.63, 3.8) is 0 Å². The van der Waals surface area contributed by atoms with E-state index < -0.39 is 0 Å². The molecule has 0 amide bonds. The minimum absolute atomic E-state index is 0.318. The smallest absolute Gasteiger partial charge is 0.168 e. The molecular weight excluding hydrogens is 302 g/mol. The standard InChI is InChI=1S/C20H23NO3/c1-11-7-14-13(9-16(11)22)8-15-18-12(5-6-21(15)2)10-17(23-3)20(24-4)19(14)18/h7,9-10,15,22H,5-6,8H2,1-4H3. The third-order valence-electron chi connectivity index (χ3n) is 5.50. The van der Waals surface area contributed by atoms with E-state index >= 15 is 0 Å². The number of phenols is 1. The molecule has 1 atom stereocenters. The largest absolute Gasteiger partial charge is 0.508 e. The van der Waals surface area contributed by atoms with Crippen LogP contribution in [0.1, 0.15) is 28.3 Å². The van der Waals surface area contributed by atoms with Gasteiger partial charge in [0.05, 0.1) is 14.2 Å². The normalized spacial score (nSPS) is 18.8. The van der Waals surface area contributed by atoms with Gasteiger partial charge in [-0.05, 0) is 72.8 Å². The predicted molar refractivity (Wildman–Crippen MR) is 94.2 cm³/mol. The molecule has 4 nitrogen and oxygen atoms in total. The highest BCUT2D eigenvalue weighted by atomic mass is 16.5. The van der Waals surface area contributed by atoms with Crippen LogP contribution < -0.4 is 9.47 Å². The second-order valence-electron chi connectivity index (χ2n) is 6.81. The Hall–Kier alpha value is -2.20. The molecule has 0 saturated carbocycles. The van der Waals surface area contributed by atoms with E-state index in [1.54, 1.807) is 14.2 Å². The number of aryl methyl sites for hydroxylation is 1. The van der Waals surface area contributed by atoms with Gasteiger partial charge in [-0.3, -0.25) is 4.90 Å². The molecule has 1 aliphatic heterocycles. The first-order valence-electron chi connectivity index (χ1n) is 8.36. The Morgan fingerprint density at radius 1 is 1.12 bits per heavy atom. The maximum atomic E-state index is 10.2. The zero-order chi connectivity index (χ0) is 17.0. The quantitative estimate of drug-likeness (QED) is 0.918. The van der Waals surface area contributed by atoms with E-state index in [0.717, 1.165) is 47.6 Å². The fourth-order valence-corrected chi connectivity index (χ4v) is 4.20. The lowest BCUT2D eigenvalue weighted by Crippen LogP contribution is -2.35. The van der Waals surface area contributed by atoms with Gasteiger partial charge in [0.25, 0.3) is 0 Å². The molecule has 1 heterocycles. The number of benzene rings is 2. The van der Waals surface area contributed by atoms with Crippen LogP contribution >= 0.6 is 0 Å². The van der Waals surface area contributed by atoms with Gasteiger partial charge in [-0.15, -0.1) is 0 Å². The van der Waals surface area contributed by atoms with Crippen molar-refractivity contribution in [2.75, 3.05) is 27.8 Å². The van der Waals surface area contributed by atoms with Gasteiger partial charge in [0.1, 0.15) is 5.75 Å². The second kappa shape index (κ2) is 5.42. The predicted octanol–water partition coefficient (Wildman–Crippen LogP) is 3.47. The molecule has 0 bridgehead atoms. The molecule has 1 aliphatic carbocycles. The fraction of sp³-hybridized carbons (Fsp3) is 0.400. The third kappa shape index (κ3) is 2.02. The van der Waals surface area contributed by atoms with Crippen molar-refractivity contribution in [1.29, 1.82) is 0 Å². The summed E-state index contributed by atoms with van der Waals surface area (Å²) in [5, 5.41) is 10.2. The van der Waals surface area contributed by atoms with Gasteiger partial charge in [0.15, 0.2) is 11.5 Å². The van der Waals surface area contributed by atoms with Crippen LogP contribution in [-0.2, 0) is 12.8 Å². The minimum atomic E-state index is 0.318. The molecule has 0 radical (unpaired) electrons. The Morgan fingerprint density at radius 2 is 1.92 bits per heavy atom. The number of rotatable bonds is 2. The van der Waals surface area contributed by atoms with Crippen molar-refractivity contribution >= 4 is 0 Å². The van der Waals surface area contributed by atoms with Gasteiger partial charge < -0.3 is 14.6 Å². The van der Waals surface area contributed by atoms with E-state index in [9.17, 15) is 5.11 Å². The Morgan fingerprint density at radius 3 is 2.62 bits per heavy atom. The summed E-state index contributed by atoms with van der Waals surface area (Å²) in [5.41, 5.74) is 7.05. The maximum absolute atomic E-state index is 10.2. The average Bonchev–Trinajstić information content (AvgIpc) is 2.58. The van der Waals surface area contributed by atoms with E-state index in [-0.39, 0.29) is 0 Å². The number of hydrogen-bond acceptors (Lipinski definition) is 4. The highest BCUT2D eigenvalue weighted by Gasteiger charge is 2.36. The van der Waals surface area contributed by atoms with E-state index in [2.05, 4.69) is 24.1 Å². The Balaban J connectivity index is 2.10. The lowest BCUT2D eigenvalue weighted by atomic mass is 9.76. The van der Waals surface area contributed by atoms with Crippen LogP contribution in [0.4, 0.5) is 0 Å². The van der Waals surface area contributed by atoms with Crippen LogP contribution in [0.3, 0.4) is 0 Å². The fourth-order valence-electron chi connectivity index (χ4n) is 4.20. The van der Waals surface area contributed by atoms with Crippen LogP contribution in [0.5, 0.6) is 17.2 Å². The molecule has 126 valence electrons. The molecule has 2 aromatic carbocycles. The monoisotopic (exact) mass is 325 g/mol. The second-order valence-corrected chi connectivity index (χ2v) is 6.81. The first kappa shape index (κ1) is 15.3. The molecule has 0 fully saturated rings. The zero-order valence-electron chi connectivity index (χ0n) is 14.6. The number of ether oxygens (including phenoxy) is 2. The SMILES string of the molecule is COc1cc2c3c(c1OC)-c1cc(C)c(O)cc1CC3N(C)CC2. The van der Waals surface area contributed by atoms with E-state index in [1.807, 2.05) is 13.0 Å². The van der Waals surface area contributed by atoms with Crippen LogP contribution in [0, 0.1) is 6.92 Å². The molecule has 24 heavy (non-hydrogen) atoms. The highest BCUT2D eigenvalue weighted by Crippen LogP contribution is 2.52. The van der Waals surface area contributed by atoms with Gasteiger partial charge in [-0.2, -0.15) is 0 Å². The Labute approximate surface area is 142 Å². The molecule has 0 spiro atoms. The Kier molecular flexibility index (Phi) is 3.46. The molecule has 2 aliphatic rings. The average molecular weight is 325 g/mol. The molecule has 4 heteroatoms. The number of methoxy groups -OCH3 is 2. The lowest BCUT2D eigenvalue weighted by molar-refractivity contribution is 0.226. The number of phenolic OH excluding ortho intramolecular Hbond substituents is 1. The molecule has 1 unspecified atom stereocenters. The summed E-state index contributed by atoms with van der Waals surface area (Å²) in [5.74, 6) is 1.94. The van der Waals surface area contributed by atoms with Gasteiger partial charge in [-0.1, -0.05) is 0 Å². The van der Waals surface area contributed by atoms with Crippen LogP contribution in [0.25, 0.3) is 11.1 Å². The van der Waals surface area contributed by atoms with Crippen molar-refractivity contribution < 1.29 is 14.6 Å². The number of likely N-dealkylation sites (N-methyl/N-ethyl adjacent to an activating group) is 1. The Bertz CT molecular complexity index is 828. The number of aromatic hydroxyl groups is 1. The topological polar surface area (TPSA) is 41.9 Å². The number of hydrogen-bond donors (Lipinski definition) is 1. The van der Waals surface area contributed by atoms with Crippen molar-refractivity contribution in [2.24, 2.45) is 0 Å². The maximum Gasteiger partial charge on any atom is 0.168 e. The molecular formula is C20H23NO3. The van der Waals surface area contributed by atoms with Crippen LogP contribution in [-0.4, -0.2) is 37.8 Å². The first-order valence-corrected chi connectivity index (χ1v) is 8.36. The first-order chi connectivity index (χ1) is 11.5. The summed E-state index contributed by atoms with van der Waals surface area (Å²) >= 11 is 0. The van der Waals surface area contributed by atoms with Crippen LogP contribution in [0.2, 0.25) is 0 Å². The molecule has 0 aromatic heterocycles. The van der Waals surface area contributed by atoms with E-state index in [0.29, 0.717) is 11.8 Å². The molecule has 4 rings (SSSR count). The van der Waals surface area contributed by atoms with E-state index in [4.69, 9.17) is 9.47 Å². The molecule has 0 saturated heterocycles. The van der Waals surface area contributed by atoms with Gasteiger partial charge in [0.2, 0.25) is 0 Å². The highest BCUT2D eigenvalue weighted by molar-refractivity contribution is 5.84. The zero-order valence-corrected chi connectivity index (χ0v) is 14.6. The van der Waals surface area contributed by atoms with Crippen LogP contribution in [0.15, 0.2) is 18.2 Å². The summed E-state index contributed by atoms with van der Waals surface area (Å²) in [6.07, 6.45) is 1.93. The lowest BCUT2D eigenvalue weighted by Gasteiger charge is -2.40. The van der Waals surface area contributed by atoms with Crippen molar-refractivity contribution in [3.8, 4) is 28.4 Å². The van der Waals surface area contributed by atoms with Crippen molar-refractivity contribution in [2.45, 2.75) is 25.8 Å².